The van der Waals surface area contributed by atoms with Crippen LogP contribution in [0.4, 0.5) is 0 Å². The SMILES string of the molecule is CCCCC/C=C\C=C\C(=O)CCCCCCCC(=O)N[C@@H](CO)[C@H](O)/C=C/CCCCCCCCCCCC. The van der Waals surface area contributed by atoms with Crippen LogP contribution in [-0.2, 0) is 9.59 Å². The van der Waals surface area contributed by atoms with Gasteiger partial charge in [0.15, 0.2) is 5.78 Å². The zero-order valence-corrected chi connectivity index (χ0v) is 26.1. The Balaban J connectivity index is 3.79. The largest absolute Gasteiger partial charge is 0.394 e. The van der Waals surface area contributed by atoms with Gasteiger partial charge < -0.3 is 15.5 Å². The van der Waals surface area contributed by atoms with Crippen molar-refractivity contribution in [3.05, 3.63) is 36.5 Å². The van der Waals surface area contributed by atoms with Gasteiger partial charge in [0, 0.05) is 12.8 Å². The highest BCUT2D eigenvalue weighted by Crippen LogP contribution is 2.12. The van der Waals surface area contributed by atoms with Gasteiger partial charge in [0.2, 0.25) is 5.91 Å². The van der Waals surface area contributed by atoms with Gasteiger partial charge in [0.1, 0.15) is 0 Å². The summed E-state index contributed by atoms with van der Waals surface area (Å²) < 4.78 is 0. The van der Waals surface area contributed by atoms with E-state index in [1.807, 2.05) is 18.2 Å². The molecule has 3 N–H and O–H groups in total. The van der Waals surface area contributed by atoms with E-state index >= 15 is 0 Å². The standard InChI is InChI=1S/C35H63NO4/c1-3-5-7-9-11-12-13-14-15-17-21-25-29-34(39)33(31-37)36-35(40)30-26-22-18-20-24-28-32(38)27-23-19-16-10-8-6-4-2/h16,19,23,25,27,29,33-34,37,39H,3-15,17-18,20-22,24,26,28,30-31H2,1-2H3,(H,36,40)/b19-16-,27-23+,29-25+/t33-,34+/m0/s1. The molecule has 0 aliphatic heterocycles. The molecule has 0 aromatic rings. The van der Waals surface area contributed by atoms with E-state index in [2.05, 4.69) is 25.2 Å². The number of carbonyl (C=O) groups is 2. The number of aliphatic hydroxyl groups excluding tert-OH is 2. The molecule has 0 bridgehead atoms. The molecule has 0 aliphatic carbocycles. The summed E-state index contributed by atoms with van der Waals surface area (Å²) in [4.78, 5) is 24.2. The van der Waals surface area contributed by atoms with Crippen LogP contribution in [0.2, 0.25) is 0 Å². The van der Waals surface area contributed by atoms with E-state index in [-0.39, 0.29) is 18.3 Å². The third-order valence-corrected chi connectivity index (χ3v) is 7.34. The van der Waals surface area contributed by atoms with Crippen molar-refractivity contribution in [1.29, 1.82) is 0 Å². The lowest BCUT2D eigenvalue weighted by molar-refractivity contribution is -0.123. The lowest BCUT2D eigenvalue weighted by Gasteiger charge is -2.20. The Kier molecular flexibility index (Phi) is 28.9. The zero-order valence-electron chi connectivity index (χ0n) is 26.1. The van der Waals surface area contributed by atoms with Crippen LogP contribution in [0.3, 0.4) is 0 Å². The molecule has 5 nitrogen and oxygen atoms in total. The molecule has 0 aromatic carbocycles. The molecule has 0 radical (unpaired) electrons. The second-order valence-electron chi connectivity index (χ2n) is 11.3. The van der Waals surface area contributed by atoms with Gasteiger partial charge in [-0.2, -0.15) is 0 Å². The normalized spacial score (nSPS) is 13.5. The maximum absolute atomic E-state index is 12.3. The van der Waals surface area contributed by atoms with Crippen LogP contribution in [0.1, 0.15) is 155 Å². The third-order valence-electron chi connectivity index (χ3n) is 7.34. The fourth-order valence-corrected chi connectivity index (χ4v) is 4.69. The molecule has 0 saturated carbocycles. The third kappa shape index (κ3) is 26.5. The van der Waals surface area contributed by atoms with Gasteiger partial charge >= 0.3 is 0 Å². The highest BCUT2D eigenvalue weighted by Gasteiger charge is 2.17. The Morgan fingerprint density at radius 2 is 1.15 bits per heavy atom. The summed E-state index contributed by atoms with van der Waals surface area (Å²) in [7, 11) is 0. The Labute approximate surface area is 247 Å². The molecule has 0 heterocycles. The smallest absolute Gasteiger partial charge is 0.220 e. The van der Waals surface area contributed by atoms with Gasteiger partial charge in [-0.1, -0.05) is 134 Å². The van der Waals surface area contributed by atoms with Gasteiger partial charge in [0.25, 0.3) is 0 Å². The van der Waals surface area contributed by atoms with E-state index in [4.69, 9.17) is 0 Å². The molecule has 5 heteroatoms. The summed E-state index contributed by atoms with van der Waals surface area (Å²) in [5, 5.41) is 22.7. The van der Waals surface area contributed by atoms with E-state index in [0.717, 1.165) is 51.4 Å². The summed E-state index contributed by atoms with van der Waals surface area (Å²) in [6.07, 6.45) is 34.6. The minimum Gasteiger partial charge on any atom is -0.394 e. The number of rotatable bonds is 29. The Morgan fingerprint density at radius 1 is 0.650 bits per heavy atom. The van der Waals surface area contributed by atoms with Crippen LogP contribution in [0.25, 0.3) is 0 Å². The highest BCUT2D eigenvalue weighted by atomic mass is 16.3. The monoisotopic (exact) mass is 561 g/mol. The van der Waals surface area contributed by atoms with Crippen LogP contribution in [-0.4, -0.2) is 40.7 Å². The van der Waals surface area contributed by atoms with Crippen molar-refractivity contribution in [3.63, 3.8) is 0 Å². The first kappa shape index (κ1) is 38.3. The molecule has 0 rings (SSSR count). The first-order chi connectivity index (χ1) is 19.5. The minimum atomic E-state index is -0.875. The second kappa shape index (κ2) is 30.2. The molecule has 2 atom stereocenters. The number of amides is 1. The van der Waals surface area contributed by atoms with Crippen molar-refractivity contribution in [1.82, 2.24) is 5.32 Å². The quantitative estimate of drug-likeness (QED) is 0.0369. The summed E-state index contributed by atoms with van der Waals surface area (Å²) in [6.45, 7) is 4.16. The van der Waals surface area contributed by atoms with Crippen LogP contribution in [0.15, 0.2) is 36.5 Å². The molecule has 0 aliphatic rings. The Morgan fingerprint density at radius 3 is 1.77 bits per heavy atom. The van der Waals surface area contributed by atoms with Crippen LogP contribution in [0.5, 0.6) is 0 Å². The van der Waals surface area contributed by atoms with E-state index in [0.29, 0.717) is 12.8 Å². The summed E-state index contributed by atoms with van der Waals surface area (Å²) >= 11 is 0. The summed E-state index contributed by atoms with van der Waals surface area (Å²) in [5.41, 5.74) is 0. The van der Waals surface area contributed by atoms with E-state index < -0.39 is 12.1 Å². The number of hydrogen-bond donors (Lipinski definition) is 3. The number of carbonyl (C=O) groups excluding carboxylic acids is 2. The van der Waals surface area contributed by atoms with Gasteiger partial charge in [0.05, 0.1) is 18.8 Å². The first-order valence-electron chi connectivity index (χ1n) is 16.7. The maximum Gasteiger partial charge on any atom is 0.220 e. The highest BCUT2D eigenvalue weighted by molar-refractivity contribution is 5.89. The number of allylic oxidation sites excluding steroid dienone is 5. The fourth-order valence-electron chi connectivity index (χ4n) is 4.69. The Hall–Kier alpha value is -1.72. The van der Waals surface area contributed by atoms with Crippen molar-refractivity contribution in [2.45, 2.75) is 167 Å². The van der Waals surface area contributed by atoms with Gasteiger partial charge in [-0.3, -0.25) is 9.59 Å². The molecule has 0 saturated heterocycles. The van der Waals surface area contributed by atoms with Crippen LogP contribution >= 0.6 is 0 Å². The Bertz CT molecular complexity index is 670. The number of unbranched alkanes of at least 4 members (excludes halogenated alkanes) is 17. The molecule has 0 fully saturated rings. The molecule has 232 valence electrons. The lowest BCUT2D eigenvalue weighted by Crippen LogP contribution is -2.45. The molecular weight excluding hydrogens is 498 g/mol. The van der Waals surface area contributed by atoms with Crippen molar-refractivity contribution in [2.75, 3.05) is 6.61 Å². The van der Waals surface area contributed by atoms with Crippen molar-refractivity contribution in [2.24, 2.45) is 0 Å². The summed E-state index contributed by atoms with van der Waals surface area (Å²) in [5.74, 6) is 0.0352. The van der Waals surface area contributed by atoms with E-state index in [1.54, 1.807) is 12.2 Å². The van der Waals surface area contributed by atoms with Crippen molar-refractivity contribution >= 4 is 11.7 Å². The first-order valence-corrected chi connectivity index (χ1v) is 16.7. The van der Waals surface area contributed by atoms with E-state index in [9.17, 15) is 19.8 Å². The number of nitrogens with one attached hydrogen (secondary N) is 1. The zero-order chi connectivity index (χ0) is 29.5. The molecule has 0 spiro atoms. The number of ketones is 1. The average molecular weight is 562 g/mol. The van der Waals surface area contributed by atoms with Crippen molar-refractivity contribution < 1.29 is 19.8 Å². The lowest BCUT2D eigenvalue weighted by atomic mass is 10.1. The molecule has 1 amide bonds. The number of aliphatic hydroxyl groups is 2. The predicted molar refractivity (Wildman–Crippen MR) is 170 cm³/mol. The molecule has 0 aromatic heterocycles. The van der Waals surface area contributed by atoms with Crippen LogP contribution in [0, 0.1) is 0 Å². The molecule has 40 heavy (non-hydrogen) atoms. The summed E-state index contributed by atoms with van der Waals surface area (Å²) in [6, 6.07) is -0.665. The topological polar surface area (TPSA) is 86.6 Å². The average Bonchev–Trinajstić information content (AvgIpc) is 2.95. The fraction of sp³-hybridized carbons (Fsp3) is 0.771. The van der Waals surface area contributed by atoms with Gasteiger partial charge in [-0.05, 0) is 44.6 Å². The van der Waals surface area contributed by atoms with E-state index in [1.165, 1.54) is 77.0 Å². The van der Waals surface area contributed by atoms with Crippen molar-refractivity contribution in [3.8, 4) is 0 Å². The maximum atomic E-state index is 12.3. The molecule has 0 unspecified atom stereocenters. The predicted octanol–water partition coefficient (Wildman–Crippen LogP) is 8.68. The van der Waals surface area contributed by atoms with Gasteiger partial charge in [-0.15, -0.1) is 0 Å². The number of hydrogen-bond acceptors (Lipinski definition) is 4. The second-order valence-corrected chi connectivity index (χ2v) is 11.3. The van der Waals surface area contributed by atoms with Gasteiger partial charge in [-0.25, -0.2) is 0 Å². The molecular formula is C35H63NO4. The van der Waals surface area contributed by atoms with Crippen LogP contribution < -0.4 is 5.32 Å². The minimum absolute atomic E-state index is 0.135.